The second-order valence-corrected chi connectivity index (χ2v) is 9.97. The monoisotopic (exact) mass is 487 g/mol. The maximum Gasteiger partial charge on any atom is 0.322 e. The van der Waals surface area contributed by atoms with Crippen molar-refractivity contribution in [2.75, 3.05) is 13.2 Å². The standard InChI is InChI=1S/C20H22FNO8S2/c1-14-3-7-18(8-4-14)32(27,28)30-12-11-29-16-5-9-17(10-6-16)31(25,26)22-19(20(23)24)13-15(2)21/h3-10,19,22H,2,11-13H2,1H3,(H,23,24)/t19-/m0/s1. The van der Waals surface area contributed by atoms with Crippen molar-refractivity contribution < 1.29 is 40.0 Å². The summed E-state index contributed by atoms with van der Waals surface area (Å²) in [5, 5.41) is 9.03. The SMILES string of the molecule is C=C(F)C[C@H](NS(=O)(=O)c1ccc(OCCOS(=O)(=O)c2ccc(C)cc2)cc1)C(=O)O. The summed E-state index contributed by atoms with van der Waals surface area (Å²) in [6, 6.07) is 9.35. The van der Waals surface area contributed by atoms with Gasteiger partial charge in [-0.3, -0.25) is 8.98 Å². The smallest absolute Gasteiger partial charge is 0.322 e. The van der Waals surface area contributed by atoms with Gasteiger partial charge in [0.25, 0.3) is 10.1 Å². The minimum atomic E-state index is -4.24. The van der Waals surface area contributed by atoms with Crippen molar-refractivity contribution in [3.05, 3.63) is 66.5 Å². The third kappa shape index (κ3) is 7.41. The largest absolute Gasteiger partial charge is 0.491 e. The Labute approximate surface area is 185 Å². The van der Waals surface area contributed by atoms with Crippen LogP contribution in [0.25, 0.3) is 0 Å². The molecule has 32 heavy (non-hydrogen) atoms. The van der Waals surface area contributed by atoms with Gasteiger partial charge in [0.2, 0.25) is 10.0 Å². The van der Waals surface area contributed by atoms with E-state index in [-0.39, 0.29) is 28.8 Å². The highest BCUT2D eigenvalue weighted by molar-refractivity contribution is 7.89. The number of hydrogen-bond acceptors (Lipinski definition) is 7. The molecular weight excluding hydrogens is 465 g/mol. The first-order valence-corrected chi connectivity index (χ1v) is 12.1. The molecule has 2 N–H and O–H groups in total. The van der Waals surface area contributed by atoms with E-state index in [1.807, 2.05) is 11.6 Å². The van der Waals surface area contributed by atoms with Gasteiger partial charge in [-0.1, -0.05) is 24.3 Å². The van der Waals surface area contributed by atoms with E-state index in [9.17, 15) is 26.0 Å². The van der Waals surface area contributed by atoms with E-state index in [1.54, 1.807) is 12.1 Å². The second-order valence-electron chi connectivity index (χ2n) is 6.64. The fourth-order valence-corrected chi connectivity index (χ4v) is 4.53. The lowest BCUT2D eigenvalue weighted by atomic mass is 10.2. The van der Waals surface area contributed by atoms with Crippen LogP contribution in [0.3, 0.4) is 0 Å². The quantitative estimate of drug-likeness (QED) is 0.344. The molecule has 0 heterocycles. The van der Waals surface area contributed by atoms with E-state index in [4.69, 9.17) is 14.0 Å². The van der Waals surface area contributed by atoms with Gasteiger partial charge in [-0.2, -0.15) is 13.1 Å². The zero-order chi connectivity index (χ0) is 23.9. The summed E-state index contributed by atoms with van der Waals surface area (Å²) in [4.78, 5) is 10.9. The van der Waals surface area contributed by atoms with E-state index in [0.29, 0.717) is 0 Å². The average Bonchev–Trinajstić information content (AvgIpc) is 2.71. The van der Waals surface area contributed by atoms with Crippen LogP contribution in [-0.4, -0.2) is 47.2 Å². The number of aliphatic carboxylic acids is 1. The molecule has 0 radical (unpaired) electrons. The number of carboxylic acids is 1. The first kappa shape index (κ1) is 25.5. The Morgan fingerprint density at radius 1 is 1.03 bits per heavy atom. The normalized spacial score (nSPS) is 12.8. The molecule has 0 fully saturated rings. The summed E-state index contributed by atoms with van der Waals surface area (Å²) < 4.78 is 73.9. The number of aryl methyl sites for hydroxylation is 1. The molecule has 0 amide bonds. The summed E-state index contributed by atoms with van der Waals surface area (Å²) >= 11 is 0. The van der Waals surface area contributed by atoms with Gasteiger partial charge < -0.3 is 9.84 Å². The van der Waals surface area contributed by atoms with Crippen molar-refractivity contribution in [2.24, 2.45) is 0 Å². The Hall–Kier alpha value is -2.80. The summed E-state index contributed by atoms with van der Waals surface area (Å²) in [6.07, 6.45) is -0.707. The van der Waals surface area contributed by atoms with Crippen molar-refractivity contribution in [1.29, 1.82) is 0 Å². The fourth-order valence-electron chi connectivity index (χ4n) is 2.45. The molecule has 0 aliphatic rings. The second kappa shape index (κ2) is 10.7. The van der Waals surface area contributed by atoms with Gasteiger partial charge in [0, 0.05) is 6.42 Å². The Morgan fingerprint density at radius 3 is 2.12 bits per heavy atom. The molecule has 0 saturated heterocycles. The van der Waals surface area contributed by atoms with Crippen LogP contribution in [0.2, 0.25) is 0 Å². The zero-order valence-corrected chi connectivity index (χ0v) is 18.7. The number of halogens is 1. The summed E-state index contributed by atoms with van der Waals surface area (Å²) in [7, 11) is -8.18. The van der Waals surface area contributed by atoms with Crippen LogP contribution in [0.1, 0.15) is 12.0 Å². The topological polar surface area (TPSA) is 136 Å². The summed E-state index contributed by atoms with van der Waals surface area (Å²) in [5.41, 5.74) is 0.902. The molecule has 1 atom stereocenters. The molecule has 9 nitrogen and oxygen atoms in total. The van der Waals surface area contributed by atoms with Crippen LogP contribution in [0.5, 0.6) is 5.75 Å². The number of carboxylic acid groups (broad SMARTS) is 1. The van der Waals surface area contributed by atoms with Crippen LogP contribution in [0, 0.1) is 6.92 Å². The van der Waals surface area contributed by atoms with E-state index in [1.165, 1.54) is 24.3 Å². The van der Waals surface area contributed by atoms with Crippen LogP contribution < -0.4 is 9.46 Å². The molecule has 0 saturated carbocycles. The lowest BCUT2D eigenvalue weighted by Crippen LogP contribution is -2.40. The molecule has 2 rings (SSSR count). The highest BCUT2D eigenvalue weighted by Crippen LogP contribution is 2.18. The van der Waals surface area contributed by atoms with Crippen molar-refractivity contribution in [1.82, 2.24) is 4.72 Å². The maximum absolute atomic E-state index is 12.9. The molecule has 0 bridgehead atoms. The van der Waals surface area contributed by atoms with Crippen molar-refractivity contribution in [3.63, 3.8) is 0 Å². The van der Waals surface area contributed by atoms with Gasteiger partial charge >= 0.3 is 5.97 Å². The van der Waals surface area contributed by atoms with Crippen molar-refractivity contribution in [2.45, 2.75) is 29.2 Å². The van der Waals surface area contributed by atoms with Gasteiger partial charge in [-0.15, -0.1) is 0 Å². The number of carbonyl (C=O) groups is 1. The van der Waals surface area contributed by atoms with Gasteiger partial charge in [-0.05, 0) is 43.3 Å². The minimum Gasteiger partial charge on any atom is -0.491 e. The summed E-state index contributed by atoms with van der Waals surface area (Å²) in [5.74, 6) is -2.30. The molecule has 12 heteroatoms. The number of hydrogen-bond donors (Lipinski definition) is 2. The summed E-state index contributed by atoms with van der Waals surface area (Å²) in [6.45, 7) is 4.35. The Kier molecular flexibility index (Phi) is 8.50. The number of nitrogens with one attached hydrogen (secondary N) is 1. The molecule has 0 aliphatic carbocycles. The minimum absolute atomic E-state index is 0.0150. The number of sulfonamides is 1. The van der Waals surface area contributed by atoms with Crippen LogP contribution >= 0.6 is 0 Å². The highest BCUT2D eigenvalue weighted by atomic mass is 32.2. The third-order valence-electron chi connectivity index (χ3n) is 4.06. The number of rotatable bonds is 12. The predicted octanol–water partition coefficient (Wildman–Crippen LogP) is 2.38. The van der Waals surface area contributed by atoms with Gasteiger partial charge in [0.05, 0.1) is 15.6 Å². The molecule has 0 spiro atoms. The first-order chi connectivity index (χ1) is 14.9. The molecular formula is C20H22FNO8S2. The van der Waals surface area contributed by atoms with Gasteiger partial charge in [0.1, 0.15) is 25.0 Å². The Balaban J connectivity index is 1.92. The van der Waals surface area contributed by atoms with Crippen molar-refractivity contribution in [3.8, 4) is 5.75 Å². The molecule has 174 valence electrons. The molecule has 0 aliphatic heterocycles. The molecule has 2 aromatic carbocycles. The van der Waals surface area contributed by atoms with E-state index >= 15 is 0 Å². The van der Waals surface area contributed by atoms with E-state index in [0.717, 1.165) is 17.7 Å². The number of ether oxygens (including phenoxy) is 1. The van der Waals surface area contributed by atoms with E-state index < -0.39 is 44.4 Å². The van der Waals surface area contributed by atoms with Gasteiger partial charge in [0.15, 0.2) is 0 Å². The predicted molar refractivity (Wildman–Crippen MR) is 113 cm³/mol. The Morgan fingerprint density at radius 2 is 1.59 bits per heavy atom. The van der Waals surface area contributed by atoms with Crippen molar-refractivity contribution >= 4 is 26.1 Å². The van der Waals surface area contributed by atoms with E-state index in [2.05, 4.69) is 6.58 Å². The van der Waals surface area contributed by atoms with Crippen LogP contribution in [0.15, 0.2) is 70.7 Å². The molecule has 0 aromatic heterocycles. The van der Waals surface area contributed by atoms with Gasteiger partial charge in [-0.25, -0.2) is 12.8 Å². The highest BCUT2D eigenvalue weighted by Gasteiger charge is 2.26. The zero-order valence-electron chi connectivity index (χ0n) is 17.0. The van der Waals surface area contributed by atoms with Crippen LogP contribution in [0.4, 0.5) is 4.39 Å². The molecule has 2 aromatic rings. The fraction of sp³-hybridized carbons (Fsp3) is 0.250. The maximum atomic E-state index is 12.9. The first-order valence-electron chi connectivity index (χ1n) is 9.18. The number of benzene rings is 2. The lowest BCUT2D eigenvalue weighted by Gasteiger charge is -2.14. The van der Waals surface area contributed by atoms with Crippen LogP contribution in [-0.2, 0) is 29.1 Å². The Bertz CT molecular complexity index is 1160. The average molecular weight is 488 g/mol. The molecule has 0 unspecified atom stereocenters. The third-order valence-corrected chi connectivity index (χ3v) is 6.87. The lowest BCUT2D eigenvalue weighted by molar-refractivity contribution is -0.139.